The van der Waals surface area contributed by atoms with Crippen LogP contribution >= 0.6 is 11.2 Å². The molecule has 2 aromatic carbocycles. The molecule has 0 radical (unpaired) electrons. The first-order valence-electron chi connectivity index (χ1n) is 8.93. The lowest BCUT2D eigenvalue weighted by Gasteiger charge is -2.13. The van der Waals surface area contributed by atoms with Gasteiger partial charge in [-0.05, 0) is 37.3 Å². The number of aryl methyl sites for hydroxylation is 1. The molecule has 0 spiro atoms. The van der Waals surface area contributed by atoms with E-state index in [1.165, 1.54) is 24.7 Å². The first-order valence-corrected chi connectivity index (χ1v) is 10.3. The van der Waals surface area contributed by atoms with Crippen molar-refractivity contribution in [1.82, 2.24) is 24.6 Å². The SMILES string of the molecule is Cc1nc2cnc(-c3ccc(F)c(S(F)(F)F)c3)cn2c1-c1ccc2[nH]ncc2c1F. The highest BCUT2D eigenvalue weighted by Gasteiger charge is 2.29. The largest absolute Gasteiger partial charge is 0.296 e. The zero-order chi connectivity index (χ0) is 21.9. The van der Waals surface area contributed by atoms with Crippen molar-refractivity contribution in [2.45, 2.75) is 11.8 Å². The van der Waals surface area contributed by atoms with Crippen LogP contribution in [0.4, 0.5) is 20.4 Å². The average molecular weight is 449 g/mol. The van der Waals surface area contributed by atoms with Crippen LogP contribution in [0.5, 0.6) is 0 Å². The molecule has 0 amide bonds. The number of H-pyrrole nitrogens is 1. The van der Waals surface area contributed by atoms with E-state index in [9.17, 15) is 16.0 Å². The van der Waals surface area contributed by atoms with Crippen molar-refractivity contribution in [2.75, 3.05) is 0 Å². The van der Waals surface area contributed by atoms with E-state index < -0.39 is 27.7 Å². The zero-order valence-electron chi connectivity index (χ0n) is 15.7. The van der Waals surface area contributed by atoms with Crippen molar-refractivity contribution in [3.05, 3.63) is 66.3 Å². The first-order chi connectivity index (χ1) is 14.7. The topological polar surface area (TPSA) is 58.9 Å². The van der Waals surface area contributed by atoms with Crippen molar-refractivity contribution in [3.63, 3.8) is 0 Å². The summed E-state index contributed by atoms with van der Waals surface area (Å²) in [6.45, 7) is 1.70. The number of halogens is 5. The van der Waals surface area contributed by atoms with Gasteiger partial charge in [0.05, 0.1) is 40.4 Å². The number of hydrogen-bond donors (Lipinski definition) is 1. The van der Waals surface area contributed by atoms with Gasteiger partial charge in [-0.3, -0.25) is 14.5 Å². The highest BCUT2D eigenvalue weighted by Crippen LogP contribution is 2.61. The molecule has 0 saturated heterocycles. The molecule has 31 heavy (non-hydrogen) atoms. The summed E-state index contributed by atoms with van der Waals surface area (Å²) in [4.78, 5) is 7.25. The van der Waals surface area contributed by atoms with Gasteiger partial charge in [0, 0.05) is 17.3 Å². The Labute approximate surface area is 173 Å². The molecule has 0 fully saturated rings. The number of imidazole rings is 1. The number of hydrogen-bond acceptors (Lipinski definition) is 3. The molecule has 3 aromatic heterocycles. The quantitative estimate of drug-likeness (QED) is 0.327. The molecule has 0 atom stereocenters. The van der Waals surface area contributed by atoms with Gasteiger partial charge in [-0.1, -0.05) is 0 Å². The van der Waals surface area contributed by atoms with E-state index in [0.29, 0.717) is 27.9 Å². The molecular formula is C20H12F5N5S. The molecule has 0 bridgehead atoms. The highest BCUT2D eigenvalue weighted by molar-refractivity contribution is 8.20. The molecule has 0 aliphatic carbocycles. The Morgan fingerprint density at radius 3 is 2.61 bits per heavy atom. The van der Waals surface area contributed by atoms with Gasteiger partial charge in [0.15, 0.2) is 5.65 Å². The Balaban J connectivity index is 1.72. The second-order valence-electron chi connectivity index (χ2n) is 6.86. The van der Waals surface area contributed by atoms with Gasteiger partial charge in [0.1, 0.15) is 16.5 Å². The average Bonchev–Trinajstić information content (AvgIpc) is 3.32. The summed E-state index contributed by atoms with van der Waals surface area (Å²) in [6, 6.07) is 5.99. The van der Waals surface area contributed by atoms with Crippen molar-refractivity contribution in [2.24, 2.45) is 0 Å². The van der Waals surface area contributed by atoms with Gasteiger partial charge in [0.2, 0.25) is 11.2 Å². The molecule has 0 saturated carbocycles. The second-order valence-corrected chi connectivity index (χ2v) is 8.11. The van der Waals surface area contributed by atoms with Crippen LogP contribution in [0.15, 0.2) is 53.8 Å². The fourth-order valence-corrected chi connectivity index (χ4v) is 4.10. The van der Waals surface area contributed by atoms with Gasteiger partial charge >= 0.3 is 0 Å². The molecule has 1 N–H and O–H groups in total. The van der Waals surface area contributed by atoms with Crippen LogP contribution in [0.1, 0.15) is 5.69 Å². The molecule has 5 rings (SSSR count). The van der Waals surface area contributed by atoms with Crippen LogP contribution in [0, 0.1) is 18.6 Å². The van der Waals surface area contributed by atoms with E-state index in [2.05, 4.69) is 20.2 Å². The molecule has 158 valence electrons. The summed E-state index contributed by atoms with van der Waals surface area (Å²) in [7, 11) is 0. The normalized spacial score (nSPS) is 12.7. The van der Waals surface area contributed by atoms with Gasteiger partial charge < -0.3 is 0 Å². The van der Waals surface area contributed by atoms with E-state index in [1.807, 2.05) is 0 Å². The van der Waals surface area contributed by atoms with Gasteiger partial charge in [0.25, 0.3) is 0 Å². The van der Waals surface area contributed by atoms with Crippen LogP contribution in [-0.4, -0.2) is 24.6 Å². The Morgan fingerprint density at radius 2 is 1.84 bits per heavy atom. The molecule has 3 heterocycles. The standard InChI is InChI=1S/C20H12F5N5S/c1-10-20(12-3-5-15-13(19(12)22)7-27-29-15)30-9-16(26-8-18(30)28-10)11-2-4-14(21)17(6-11)31(23,24)25/h2-9H,1H3,(H,27,29). The van der Waals surface area contributed by atoms with Crippen molar-refractivity contribution >= 4 is 27.7 Å². The summed E-state index contributed by atoms with van der Waals surface area (Å²) < 4.78 is 70.0. The number of nitrogens with one attached hydrogen (secondary N) is 1. The van der Waals surface area contributed by atoms with Gasteiger partial charge in [-0.25, -0.2) is 13.8 Å². The molecule has 0 unspecified atom stereocenters. The lowest BCUT2D eigenvalue weighted by atomic mass is 10.1. The summed E-state index contributed by atoms with van der Waals surface area (Å²) >= 11 is -5.75. The lowest BCUT2D eigenvalue weighted by Crippen LogP contribution is -1.96. The fraction of sp³-hybridized carbons (Fsp3) is 0.0500. The maximum absolute atomic E-state index is 15.1. The minimum absolute atomic E-state index is 0.0891. The van der Waals surface area contributed by atoms with Crippen molar-refractivity contribution in [3.8, 4) is 22.5 Å². The number of nitrogens with zero attached hydrogens (tertiary/aromatic N) is 4. The maximum Gasteiger partial charge on any atom is 0.240 e. The summed E-state index contributed by atoms with van der Waals surface area (Å²) in [5.41, 5.74) is 2.39. The number of rotatable bonds is 3. The summed E-state index contributed by atoms with van der Waals surface area (Å²) in [5.74, 6) is -1.83. The van der Waals surface area contributed by atoms with Gasteiger partial charge in [-0.2, -0.15) is 5.10 Å². The number of benzene rings is 2. The molecule has 0 aliphatic rings. The monoisotopic (exact) mass is 449 g/mol. The van der Waals surface area contributed by atoms with Crippen LogP contribution < -0.4 is 0 Å². The molecule has 5 nitrogen and oxygen atoms in total. The third-order valence-corrected chi connectivity index (χ3v) is 5.78. The van der Waals surface area contributed by atoms with E-state index in [4.69, 9.17) is 0 Å². The third kappa shape index (κ3) is 3.12. The second kappa shape index (κ2) is 6.77. The van der Waals surface area contributed by atoms with Crippen LogP contribution in [0.2, 0.25) is 0 Å². The number of aromatic nitrogens is 5. The number of fused-ring (bicyclic) bond motifs is 2. The van der Waals surface area contributed by atoms with Crippen LogP contribution in [0.25, 0.3) is 39.1 Å². The zero-order valence-corrected chi connectivity index (χ0v) is 16.5. The van der Waals surface area contributed by atoms with E-state index in [-0.39, 0.29) is 16.8 Å². The lowest BCUT2D eigenvalue weighted by molar-refractivity contribution is 0.568. The Kier molecular flexibility index (Phi) is 4.26. The Bertz CT molecular complexity index is 1470. The Morgan fingerprint density at radius 1 is 1.03 bits per heavy atom. The minimum atomic E-state index is -5.75. The van der Waals surface area contributed by atoms with Crippen LogP contribution in [-0.2, 0) is 0 Å². The minimum Gasteiger partial charge on any atom is -0.296 e. The molecule has 11 heteroatoms. The smallest absolute Gasteiger partial charge is 0.240 e. The predicted molar refractivity (Wildman–Crippen MR) is 107 cm³/mol. The fourth-order valence-electron chi connectivity index (χ4n) is 3.55. The van der Waals surface area contributed by atoms with Gasteiger partial charge in [-0.15, -0.1) is 11.7 Å². The summed E-state index contributed by atoms with van der Waals surface area (Å²) in [6.07, 6.45) is 4.22. The van der Waals surface area contributed by atoms with Crippen molar-refractivity contribution in [1.29, 1.82) is 0 Å². The first kappa shape index (κ1) is 19.5. The maximum atomic E-state index is 15.1. The molecule has 5 aromatic rings. The molecular weight excluding hydrogens is 437 g/mol. The van der Waals surface area contributed by atoms with Crippen molar-refractivity contribution < 1.29 is 20.4 Å². The highest BCUT2D eigenvalue weighted by atomic mass is 32.3. The van der Waals surface area contributed by atoms with E-state index in [1.54, 1.807) is 23.5 Å². The van der Waals surface area contributed by atoms with Crippen LogP contribution in [0.3, 0.4) is 0 Å². The molecule has 0 aliphatic heterocycles. The third-order valence-electron chi connectivity index (χ3n) is 4.97. The van der Waals surface area contributed by atoms with E-state index >= 15 is 4.39 Å². The number of aromatic amines is 1. The predicted octanol–water partition coefficient (Wildman–Crippen LogP) is 6.34. The van der Waals surface area contributed by atoms with E-state index in [0.717, 1.165) is 12.1 Å². The summed E-state index contributed by atoms with van der Waals surface area (Å²) in [5, 5.41) is 6.84. The Hall–Kier alpha value is -3.47.